The summed E-state index contributed by atoms with van der Waals surface area (Å²) in [6, 6.07) is 14.9. The maximum absolute atomic E-state index is 14.2. The Morgan fingerprint density at radius 1 is 1.04 bits per heavy atom. The van der Waals surface area contributed by atoms with Crippen molar-refractivity contribution in [3.05, 3.63) is 60.0 Å². The number of fused-ring (bicyclic) bond motifs is 1. The topological polar surface area (TPSA) is 11.4 Å². The minimum Gasteiger partial charge on any atom is -0.366 e. The van der Waals surface area contributed by atoms with E-state index >= 15 is 0 Å². The van der Waals surface area contributed by atoms with Gasteiger partial charge in [-0.3, -0.25) is 4.90 Å². The third-order valence-electron chi connectivity index (χ3n) is 5.83. The van der Waals surface area contributed by atoms with Gasteiger partial charge in [-0.2, -0.15) is 0 Å². The molecule has 0 radical (unpaired) electrons. The highest BCUT2D eigenvalue weighted by molar-refractivity contribution is 5.85. The summed E-state index contributed by atoms with van der Waals surface area (Å²) in [5.74, 6) is -0.163. The number of halogens is 1. The molecule has 1 fully saturated rings. The van der Waals surface area contributed by atoms with E-state index in [1.807, 2.05) is 25.3 Å². The highest BCUT2D eigenvalue weighted by Crippen LogP contribution is 2.29. The Labute approximate surface area is 161 Å². The molecule has 0 aliphatic carbocycles. The number of piperazine rings is 1. The molecule has 4 rings (SSSR count). The number of hydrogen-bond donors (Lipinski definition) is 0. The van der Waals surface area contributed by atoms with Crippen molar-refractivity contribution >= 4 is 16.6 Å². The van der Waals surface area contributed by atoms with E-state index in [1.165, 1.54) is 5.69 Å². The summed E-state index contributed by atoms with van der Waals surface area (Å²) < 4.78 is 16.3. The van der Waals surface area contributed by atoms with Crippen LogP contribution in [-0.2, 0) is 0 Å². The molecule has 4 heteroatoms. The van der Waals surface area contributed by atoms with E-state index in [4.69, 9.17) is 0 Å². The van der Waals surface area contributed by atoms with Crippen LogP contribution in [0.15, 0.2) is 48.7 Å². The van der Waals surface area contributed by atoms with Crippen LogP contribution in [0.1, 0.15) is 26.3 Å². The number of aryl methyl sites for hydroxylation is 1. The smallest absolute Gasteiger partial charge is 0.132 e. The lowest BCUT2D eigenvalue weighted by molar-refractivity contribution is 0.185. The van der Waals surface area contributed by atoms with Crippen LogP contribution >= 0.6 is 0 Å². The van der Waals surface area contributed by atoms with E-state index in [9.17, 15) is 4.39 Å². The van der Waals surface area contributed by atoms with Gasteiger partial charge in [-0.1, -0.05) is 12.1 Å². The largest absolute Gasteiger partial charge is 0.366 e. The lowest BCUT2D eigenvalue weighted by atomic mass is 10.1. The SMILES string of the molecule is Cc1ccc(F)c2ccn(-c3cccc(N4CCN(C(C)C)CC4C)c3)c12. The molecule has 0 bridgehead atoms. The molecule has 2 heterocycles. The summed E-state index contributed by atoms with van der Waals surface area (Å²) in [5.41, 5.74) is 4.35. The zero-order valence-corrected chi connectivity index (χ0v) is 16.6. The normalized spacial score (nSPS) is 18.6. The highest BCUT2D eigenvalue weighted by atomic mass is 19.1. The molecule has 3 aromatic rings. The van der Waals surface area contributed by atoms with Crippen LogP contribution in [0, 0.1) is 12.7 Å². The first-order valence-electron chi connectivity index (χ1n) is 9.83. The van der Waals surface area contributed by atoms with Crippen molar-refractivity contribution in [2.75, 3.05) is 24.5 Å². The lowest BCUT2D eigenvalue weighted by Crippen LogP contribution is -2.53. The standard InChI is InChI=1S/C23H28FN3/c1-16(2)25-12-13-26(18(4)15-25)19-6-5-7-20(14-19)27-11-10-21-22(24)9-8-17(3)23(21)27/h5-11,14,16,18H,12-13,15H2,1-4H3. The minimum atomic E-state index is -0.163. The van der Waals surface area contributed by atoms with Crippen LogP contribution in [0.2, 0.25) is 0 Å². The van der Waals surface area contributed by atoms with Crippen molar-refractivity contribution in [2.24, 2.45) is 0 Å². The van der Waals surface area contributed by atoms with E-state index in [1.54, 1.807) is 6.07 Å². The van der Waals surface area contributed by atoms with Gasteiger partial charge in [0.15, 0.2) is 0 Å². The lowest BCUT2D eigenvalue weighted by Gasteiger charge is -2.43. The van der Waals surface area contributed by atoms with E-state index in [-0.39, 0.29) is 5.82 Å². The van der Waals surface area contributed by atoms with Crippen molar-refractivity contribution in [3.8, 4) is 5.69 Å². The number of benzene rings is 2. The molecule has 142 valence electrons. The molecule has 2 aromatic carbocycles. The number of rotatable bonds is 3. The first kappa shape index (κ1) is 18.1. The van der Waals surface area contributed by atoms with Crippen LogP contribution < -0.4 is 4.90 Å². The van der Waals surface area contributed by atoms with Gasteiger partial charge in [-0.15, -0.1) is 0 Å². The fraction of sp³-hybridized carbons (Fsp3) is 0.391. The molecule has 0 N–H and O–H groups in total. The van der Waals surface area contributed by atoms with E-state index in [2.05, 4.69) is 59.4 Å². The molecule has 1 aliphatic heterocycles. The van der Waals surface area contributed by atoms with Gasteiger partial charge in [-0.25, -0.2) is 4.39 Å². The van der Waals surface area contributed by atoms with Gasteiger partial charge >= 0.3 is 0 Å². The first-order chi connectivity index (χ1) is 13.0. The molecule has 1 atom stereocenters. The molecular weight excluding hydrogens is 337 g/mol. The van der Waals surface area contributed by atoms with Gasteiger partial charge in [0.25, 0.3) is 0 Å². The second-order valence-corrected chi connectivity index (χ2v) is 7.96. The first-order valence-corrected chi connectivity index (χ1v) is 9.83. The number of anilines is 1. The van der Waals surface area contributed by atoms with Crippen LogP contribution in [0.5, 0.6) is 0 Å². The van der Waals surface area contributed by atoms with Crippen LogP contribution in [0.25, 0.3) is 16.6 Å². The summed E-state index contributed by atoms with van der Waals surface area (Å²) in [6.45, 7) is 12.1. The predicted octanol–water partition coefficient (Wildman–Crippen LogP) is 5.00. The number of aromatic nitrogens is 1. The molecule has 1 unspecified atom stereocenters. The Hall–Kier alpha value is -2.33. The highest BCUT2D eigenvalue weighted by Gasteiger charge is 2.25. The third kappa shape index (κ3) is 3.23. The van der Waals surface area contributed by atoms with E-state index in [0.717, 1.165) is 36.4 Å². The summed E-state index contributed by atoms with van der Waals surface area (Å²) in [7, 11) is 0. The summed E-state index contributed by atoms with van der Waals surface area (Å²) in [4.78, 5) is 5.03. The predicted molar refractivity (Wildman–Crippen MR) is 111 cm³/mol. The van der Waals surface area contributed by atoms with Gasteiger partial charge in [0.1, 0.15) is 5.82 Å². The number of nitrogens with zero attached hydrogens (tertiary/aromatic N) is 3. The fourth-order valence-corrected chi connectivity index (χ4v) is 4.27. The van der Waals surface area contributed by atoms with Gasteiger partial charge in [0, 0.05) is 54.7 Å². The van der Waals surface area contributed by atoms with Gasteiger partial charge in [0.2, 0.25) is 0 Å². The average Bonchev–Trinajstić information content (AvgIpc) is 3.11. The maximum Gasteiger partial charge on any atom is 0.132 e. The van der Waals surface area contributed by atoms with Crippen molar-refractivity contribution in [3.63, 3.8) is 0 Å². The van der Waals surface area contributed by atoms with E-state index in [0.29, 0.717) is 17.5 Å². The molecule has 1 saturated heterocycles. The molecule has 0 saturated carbocycles. The molecule has 1 aliphatic rings. The van der Waals surface area contributed by atoms with Gasteiger partial charge < -0.3 is 9.47 Å². The van der Waals surface area contributed by atoms with Crippen LogP contribution in [-0.4, -0.2) is 41.2 Å². The molecule has 0 spiro atoms. The molecule has 1 aromatic heterocycles. The van der Waals surface area contributed by atoms with Crippen molar-refractivity contribution < 1.29 is 4.39 Å². The Bertz CT molecular complexity index is 959. The van der Waals surface area contributed by atoms with Crippen LogP contribution in [0.4, 0.5) is 10.1 Å². The van der Waals surface area contributed by atoms with Crippen LogP contribution in [0.3, 0.4) is 0 Å². The maximum atomic E-state index is 14.2. The zero-order chi connectivity index (χ0) is 19.1. The second-order valence-electron chi connectivity index (χ2n) is 7.96. The molecule has 27 heavy (non-hydrogen) atoms. The third-order valence-corrected chi connectivity index (χ3v) is 5.83. The van der Waals surface area contributed by atoms with Crippen molar-refractivity contribution in [2.45, 2.75) is 39.8 Å². The Balaban J connectivity index is 1.69. The number of hydrogen-bond acceptors (Lipinski definition) is 2. The Morgan fingerprint density at radius 3 is 2.56 bits per heavy atom. The van der Waals surface area contributed by atoms with Crippen molar-refractivity contribution in [1.82, 2.24) is 9.47 Å². The van der Waals surface area contributed by atoms with Crippen molar-refractivity contribution in [1.29, 1.82) is 0 Å². The second kappa shape index (κ2) is 7.01. The summed E-state index contributed by atoms with van der Waals surface area (Å²) in [5, 5.41) is 0.680. The molecular formula is C23H28FN3. The molecule has 0 amide bonds. The molecule has 3 nitrogen and oxygen atoms in total. The minimum absolute atomic E-state index is 0.163. The Morgan fingerprint density at radius 2 is 1.81 bits per heavy atom. The average molecular weight is 365 g/mol. The summed E-state index contributed by atoms with van der Waals surface area (Å²) >= 11 is 0. The Kier molecular flexibility index (Phi) is 4.68. The zero-order valence-electron chi connectivity index (χ0n) is 16.6. The summed E-state index contributed by atoms with van der Waals surface area (Å²) in [6.07, 6.45) is 1.97. The fourth-order valence-electron chi connectivity index (χ4n) is 4.27. The van der Waals surface area contributed by atoms with Gasteiger partial charge in [0.05, 0.1) is 5.52 Å². The van der Waals surface area contributed by atoms with E-state index < -0.39 is 0 Å². The monoisotopic (exact) mass is 365 g/mol. The van der Waals surface area contributed by atoms with Gasteiger partial charge in [-0.05, 0) is 63.6 Å². The quantitative estimate of drug-likeness (QED) is 0.647.